The molecule has 0 fully saturated rings. The Kier molecular flexibility index (Phi) is 5.24. The van der Waals surface area contributed by atoms with E-state index in [0.717, 1.165) is 54.6 Å². The summed E-state index contributed by atoms with van der Waals surface area (Å²) in [5.74, 6) is 0. The zero-order chi connectivity index (χ0) is 44.7. The van der Waals surface area contributed by atoms with Gasteiger partial charge in [0.25, 0.3) is 0 Å². The van der Waals surface area contributed by atoms with Gasteiger partial charge in [0.1, 0.15) is 0 Å². The molecule has 10 aromatic carbocycles. The summed E-state index contributed by atoms with van der Waals surface area (Å²) in [4.78, 5) is 1.28. The van der Waals surface area contributed by atoms with Crippen molar-refractivity contribution in [1.29, 1.82) is 0 Å². The van der Waals surface area contributed by atoms with Crippen LogP contribution in [0.5, 0.6) is 0 Å². The molecule has 0 aromatic heterocycles. The van der Waals surface area contributed by atoms with Crippen molar-refractivity contribution in [3.05, 3.63) is 212 Å². The summed E-state index contributed by atoms with van der Waals surface area (Å²) in [6, 6.07) is 40.7. The minimum absolute atomic E-state index is 0.0580. The van der Waals surface area contributed by atoms with Crippen molar-refractivity contribution in [1.82, 2.24) is 0 Å². The molecule has 0 saturated carbocycles. The number of anilines is 3. The van der Waals surface area contributed by atoms with E-state index in [1.807, 2.05) is 103 Å². The Hall–Kier alpha value is -6.96. The Labute approximate surface area is 325 Å². The van der Waals surface area contributed by atoms with Gasteiger partial charge in [-0.15, -0.1) is 0 Å². The van der Waals surface area contributed by atoms with Crippen LogP contribution in [0.15, 0.2) is 212 Å². The maximum atomic E-state index is 9.68. The third-order valence-electron chi connectivity index (χ3n) is 9.81. The van der Waals surface area contributed by atoms with Crippen LogP contribution in [0.25, 0.3) is 76.5 Å². The molecule has 0 spiro atoms. The molecule has 248 valence electrons. The topological polar surface area (TPSA) is 3.24 Å². The van der Waals surface area contributed by atoms with Gasteiger partial charge in [-0.05, 0) is 113 Å². The first-order valence-electron chi connectivity index (χ1n) is 22.9. The standard InChI is InChI=1S/C52H35N/c1-4-19-45-37(12-1)15-10-24-46(45)41-18-9-17-40(34-41)36-26-30-43(31-27-36)53(52-25-11-16-38-13-2-6-21-48(38)52)44-32-28-39(29-33-44)51-35-42-14-3-5-20-47(42)49-22-7-8-23-50(49)51/h1-35H/i2D,6D,11D,13D,16D,21D,25D,28D,29D,32D,33D. The highest BCUT2D eigenvalue weighted by Gasteiger charge is 2.17. The highest BCUT2D eigenvalue weighted by atomic mass is 15.1. The molecule has 1 nitrogen and oxygen atoms in total. The van der Waals surface area contributed by atoms with Gasteiger partial charge >= 0.3 is 0 Å². The number of hydrogen-bond donors (Lipinski definition) is 0. The van der Waals surface area contributed by atoms with Crippen molar-refractivity contribution in [2.24, 2.45) is 0 Å². The minimum atomic E-state index is -0.631. The Morgan fingerprint density at radius 1 is 0.321 bits per heavy atom. The summed E-state index contributed by atoms with van der Waals surface area (Å²) in [5.41, 5.74) is 3.95. The van der Waals surface area contributed by atoms with Gasteiger partial charge in [0.2, 0.25) is 0 Å². The average molecular weight is 685 g/mol. The van der Waals surface area contributed by atoms with E-state index in [1.165, 1.54) is 4.90 Å². The van der Waals surface area contributed by atoms with Crippen LogP contribution in [-0.4, -0.2) is 0 Å². The van der Waals surface area contributed by atoms with Gasteiger partial charge < -0.3 is 4.90 Å². The van der Waals surface area contributed by atoms with E-state index in [9.17, 15) is 6.85 Å². The monoisotopic (exact) mass is 684 g/mol. The number of fused-ring (bicyclic) bond motifs is 5. The molecule has 0 heterocycles. The van der Waals surface area contributed by atoms with Gasteiger partial charge in [0, 0.05) is 16.8 Å². The number of benzene rings is 10. The molecular formula is C52H35N. The highest BCUT2D eigenvalue weighted by Crippen LogP contribution is 2.42. The van der Waals surface area contributed by atoms with Gasteiger partial charge in [-0.2, -0.15) is 0 Å². The molecule has 0 aliphatic heterocycles. The van der Waals surface area contributed by atoms with Crippen LogP contribution in [-0.2, 0) is 0 Å². The highest BCUT2D eigenvalue weighted by molar-refractivity contribution is 6.14. The summed E-state index contributed by atoms with van der Waals surface area (Å²) >= 11 is 0. The maximum Gasteiger partial charge on any atom is 0.0645 e. The molecule has 0 bridgehead atoms. The van der Waals surface area contributed by atoms with Gasteiger partial charge in [0.05, 0.1) is 20.8 Å². The molecule has 0 unspecified atom stereocenters. The maximum absolute atomic E-state index is 9.68. The van der Waals surface area contributed by atoms with Crippen LogP contribution >= 0.6 is 0 Å². The van der Waals surface area contributed by atoms with E-state index in [0.29, 0.717) is 5.56 Å². The molecule has 0 aliphatic rings. The smallest absolute Gasteiger partial charge is 0.0645 e. The van der Waals surface area contributed by atoms with Crippen molar-refractivity contribution in [2.45, 2.75) is 0 Å². The fraction of sp³-hybridized carbons (Fsp3) is 0. The van der Waals surface area contributed by atoms with Crippen molar-refractivity contribution in [2.75, 3.05) is 4.90 Å². The van der Waals surface area contributed by atoms with Crippen molar-refractivity contribution >= 4 is 60.2 Å². The van der Waals surface area contributed by atoms with Crippen molar-refractivity contribution in [3.8, 4) is 33.4 Å². The molecule has 0 amide bonds. The lowest BCUT2D eigenvalue weighted by molar-refractivity contribution is 1.30. The quantitative estimate of drug-likeness (QED) is 0.158. The second kappa shape index (κ2) is 13.0. The second-order valence-corrected chi connectivity index (χ2v) is 12.9. The average Bonchev–Trinajstić information content (AvgIpc) is 3.33. The van der Waals surface area contributed by atoms with E-state index in [1.54, 1.807) is 12.1 Å². The normalized spacial score (nSPS) is 14.3. The Morgan fingerprint density at radius 2 is 0.981 bits per heavy atom. The number of hydrogen-bond acceptors (Lipinski definition) is 1. The lowest BCUT2D eigenvalue weighted by atomic mass is 9.93. The van der Waals surface area contributed by atoms with E-state index in [4.69, 9.17) is 8.22 Å². The molecule has 10 aromatic rings. The van der Waals surface area contributed by atoms with Gasteiger partial charge in [0.15, 0.2) is 0 Å². The van der Waals surface area contributed by atoms with Crippen LogP contribution in [0.2, 0.25) is 0 Å². The Bertz CT molecular complexity index is 3540. The molecule has 0 atom stereocenters. The third kappa shape index (κ3) is 5.51. The first-order chi connectivity index (χ1) is 30.9. The van der Waals surface area contributed by atoms with E-state index in [-0.39, 0.29) is 45.5 Å². The summed E-state index contributed by atoms with van der Waals surface area (Å²) in [6.45, 7) is 0. The number of nitrogens with zero attached hydrogens (tertiary/aromatic N) is 1. The van der Waals surface area contributed by atoms with Crippen molar-refractivity contribution in [3.63, 3.8) is 0 Å². The fourth-order valence-electron chi connectivity index (χ4n) is 7.30. The van der Waals surface area contributed by atoms with E-state index < -0.39 is 54.4 Å². The molecule has 53 heavy (non-hydrogen) atoms. The van der Waals surface area contributed by atoms with Crippen LogP contribution in [0.4, 0.5) is 17.1 Å². The summed E-state index contributed by atoms with van der Waals surface area (Å²) in [7, 11) is 0. The van der Waals surface area contributed by atoms with Crippen molar-refractivity contribution < 1.29 is 15.1 Å². The summed E-state index contributed by atoms with van der Waals surface area (Å²) < 4.78 is 101. The second-order valence-electron chi connectivity index (χ2n) is 12.9. The van der Waals surface area contributed by atoms with Gasteiger partial charge in [-0.25, -0.2) is 0 Å². The first-order valence-corrected chi connectivity index (χ1v) is 17.4. The van der Waals surface area contributed by atoms with Crippen LogP contribution in [0.1, 0.15) is 15.1 Å². The molecular weight excluding hydrogens is 639 g/mol. The summed E-state index contributed by atoms with van der Waals surface area (Å²) in [6.07, 6.45) is 0. The molecule has 0 N–H and O–H groups in total. The molecule has 10 rings (SSSR count). The van der Waals surface area contributed by atoms with Crippen LogP contribution in [0.3, 0.4) is 0 Å². The predicted octanol–water partition coefficient (Wildman–Crippen LogP) is 14.8. The van der Waals surface area contributed by atoms with Gasteiger partial charge in [-0.1, -0.05) is 170 Å². The molecule has 0 saturated heterocycles. The van der Waals surface area contributed by atoms with E-state index in [2.05, 4.69) is 30.3 Å². The lowest BCUT2D eigenvalue weighted by Gasteiger charge is -2.27. The Balaban J connectivity index is 1.22. The predicted molar refractivity (Wildman–Crippen MR) is 227 cm³/mol. The fourth-order valence-corrected chi connectivity index (χ4v) is 7.30. The third-order valence-corrected chi connectivity index (χ3v) is 9.81. The molecule has 0 radical (unpaired) electrons. The molecule has 1 heteroatoms. The Morgan fingerprint density at radius 3 is 1.83 bits per heavy atom. The minimum Gasteiger partial charge on any atom is -0.310 e. The SMILES string of the molecule is [2H]c1c([2H])c(N(c2ccc(-c3cccc(-c4cccc5ccccc45)c3)cc2)c2c([2H])c([2H])c([2H])c3c([2H])c([2H])c([2H])c([2H])c23)c([2H])c([2H])c1-c1cc2ccccc2c2ccccc12. The lowest BCUT2D eigenvalue weighted by Crippen LogP contribution is -2.10. The van der Waals surface area contributed by atoms with Crippen LogP contribution < -0.4 is 4.90 Å². The number of rotatable bonds is 6. The zero-order valence-corrected chi connectivity index (χ0v) is 28.3. The largest absolute Gasteiger partial charge is 0.310 e. The first kappa shape index (κ1) is 21.4. The molecule has 0 aliphatic carbocycles. The van der Waals surface area contributed by atoms with Crippen LogP contribution in [0, 0.1) is 0 Å². The van der Waals surface area contributed by atoms with E-state index >= 15 is 0 Å². The summed E-state index contributed by atoms with van der Waals surface area (Å²) in [5, 5.41) is 5.07. The van der Waals surface area contributed by atoms with Gasteiger partial charge in [-0.3, -0.25) is 0 Å². The zero-order valence-electron chi connectivity index (χ0n) is 39.3.